The summed E-state index contributed by atoms with van der Waals surface area (Å²) in [6.07, 6.45) is -2.15. The zero-order valence-corrected chi connectivity index (χ0v) is 12.2. The number of nitrogens with one attached hydrogen (secondary N) is 1. The van der Waals surface area contributed by atoms with Crippen molar-refractivity contribution in [3.63, 3.8) is 0 Å². The second kappa shape index (κ2) is 5.29. The number of aromatic amines is 1. The molecule has 0 saturated heterocycles. The zero-order valence-electron chi connectivity index (χ0n) is 12.2. The van der Waals surface area contributed by atoms with Crippen molar-refractivity contribution in [1.82, 2.24) is 4.98 Å². The van der Waals surface area contributed by atoms with Gasteiger partial charge in [-0.2, -0.15) is 13.2 Å². The Morgan fingerprint density at radius 3 is 2.83 bits per heavy atom. The Hall–Kier alpha value is -2.51. The number of amides is 1. The molecule has 122 valence electrons. The minimum absolute atomic E-state index is 0.0140. The van der Waals surface area contributed by atoms with Crippen LogP contribution >= 0.6 is 0 Å². The van der Waals surface area contributed by atoms with Gasteiger partial charge in [-0.25, -0.2) is 0 Å². The highest BCUT2D eigenvalue weighted by molar-refractivity contribution is 6.07. The van der Waals surface area contributed by atoms with Gasteiger partial charge in [0, 0.05) is 12.7 Å². The van der Waals surface area contributed by atoms with E-state index in [4.69, 9.17) is 0 Å². The third-order valence-electron chi connectivity index (χ3n) is 3.70. The summed E-state index contributed by atoms with van der Waals surface area (Å²) in [7, 11) is 0. The van der Waals surface area contributed by atoms with Crippen LogP contribution in [0.1, 0.15) is 33.9 Å². The summed E-state index contributed by atoms with van der Waals surface area (Å²) in [5.41, 5.74) is -0.326. The van der Waals surface area contributed by atoms with Crippen molar-refractivity contribution < 1.29 is 22.4 Å². The lowest BCUT2D eigenvalue weighted by Crippen LogP contribution is -2.40. The van der Waals surface area contributed by atoms with Crippen LogP contribution in [0.5, 0.6) is 0 Å². The summed E-state index contributed by atoms with van der Waals surface area (Å²) < 4.78 is 43.7. The summed E-state index contributed by atoms with van der Waals surface area (Å²) in [5.74, 6) is -2.23. The monoisotopic (exact) mass is 326 g/mol. The Balaban J connectivity index is 2.09. The number of hydrogen-bond donors (Lipinski definition) is 1. The number of halogens is 3. The van der Waals surface area contributed by atoms with Crippen LogP contribution in [-0.4, -0.2) is 17.4 Å². The molecule has 0 spiro atoms. The molecular formula is C15H13F3N2O3. The van der Waals surface area contributed by atoms with Crippen molar-refractivity contribution in [2.75, 3.05) is 11.4 Å². The zero-order chi connectivity index (χ0) is 16.8. The van der Waals surface area contributed by atoms with E-state index < -0.39 is 29.0 Å². The molecule has 1 N–H and O–H groups in total. The van der Waals surface area contributed by atoms with Gasteiger partial charge in [-0.1, -0.05) is 0 Å². The van der Waals surface area contributed by atoms with Gasteiger partial charge in [0.05, 0.1) is 5.56 Å². The molecule has 2 aromatic heterocycles. The van der Waals surface area contributed by atoms with Crippen LogP contribution in [0.2, 0.25) is 0 Å². The summed E-state index contributed by atoms with van der Waals surface area (Å²) in [6.45, 7) is 1.52. The molecule has 0 aliphatic carbocycles. The Labute approximate surface area is 128 Å². The van der Waals surface area contributed by atoms with Crippen LogP contribution in [-0.2, 0) is 12.6 Å². The Morgan fingerprint density at radius 2 is 2.13 bits per heavy atom. The lowest BCUT2D eigenvalue weighted by Gasteiger charge is -2.28. The minimum Gasteiger partial charge on any atom is -0.456 e. The number of furan rings is 1. The third kappa shape index (κ3) is 2.64. The molecular weight excluding hydrogens is 313 g/mol. The fraction of sp³-hybridized carbons (Fsp3) is 0.333. The van der Waals surface area contributed by atoms with E-state index in [1.165, 1.54) is 13.1 Å². The second-order valence-electron chi connectivity index (χ2n) is 5.34. The molecule has 0 unspecified atom stereocenters. The number of alkyl halides is 3. The van der Waals surface area contributed by atoms with Crippen molar-refractivity contribution >= 4 is 11.6 Å². The van der Waals surface area contributed by atoms with Gasteiger partial charge in [-0.3, -0.25) is 9.59 Å². The maximum atomic E-state index is 13.0. The largest absolute Gasteiger partial charge is 0.456 e. The minimum atomic E-state index is -4.78. The summed E-state index contributed by atoms with van der Waals surface area (Å²) in [4.78, 5) is 28.2. The highest BCUT2D eigenvalue weighted by Crippen LogP contribution is 2.35. The quantitative estimate of drug-likeness (QED) is 0.876. The molecule has 1 aliphatic heterocycles. The molecule has 1 amide bonds. The van der Waals surface area contributed by atoms with Gasteiger partial charge in [-0.15, -0.1) is 0 Å². The first-order valence-corrected chi connectivity index (χ1v) is 6.99. The molecule has 0 bridgehead atoms. The van der Waals surface area contributed by atoms with Crippen LogP contribution in [0.25, 0.3) is 0 Å². The highest BCUT2D eigenvalue weighted by Gasteiger charge is 2.41. The Bertz CT molecular complexity index is 820. The molecule has 8 heteroatoms. The topological polar surface area (TPSA) is 66.3 Å². The van der Waals surface area contributed by atoms with E-state index in [0.29, 0.717) is 18.4 Å². The molecule has 3 heterocycles. The molecule has 5 nitrogen and oxygen atoms in total. The molecule has 3 rings (SSSR count). The predicted octanol–water partition coefficient (Wildman–Crippen LogP) is 2.89. The fourth-order valence-electron chi connectivity index (χ4n) is 2.78. The number of aromatic nitrogens is 1. The second-order valence-corrected chi connectivity index (χ2v) is 5.34. The maximum absolute atomic E-state index is 13.0. The lowest BCUT2D eigenvalue weighted by molar-refractivity contribution is -0.153. The molecule has 23 heavy (non-hydrogen) atoms. The van der Waals surface area contributed by atoms with E-state index in [1.807, 2.05) is 0 Å². The van der Waals surface area contributed by atoms with E-state index in [2.05, 4.69) is 9.40 Å². The average molecular weight is 326 g/mol. The van der Waals surface area contributed by atoms with Crippen molar-refractivity contribution in [3.05, 3.63) is 51.3 Å². The normalized spacial score (nSPS) is 14.7. The first kappa shape index (κ1) is 15.4. The van der Waals surface area contributed by atoms with E-state index in [0.717, 1.165) is 11.0 Å². The number of fused-ring (bicyclic) bond motifs is 1. The van der Waals surface area contributed by atoms with Gasteiger partial charge in [-0.05, 0) is 37.5 Å². The van der Waals surface area contributed by atoms with Crippen molar-refractivity contribution in [3.8, 4) is 0 Å². The summed E-state index contributed by atoms with van der Waals surface area (Å²) in [6, 6.07) is 2.71. The number of H-pyrrole nitrogens is 1. The Morgan fingerprint density at radius 1 is 1.39 bits per heavy atom. The first-order valence-electron chi connectivity index (χ1n) is 6.99. The average Bonchev–Trinajstić information content (AvgIpc) is 2.88. The number of nitrogens with zero attached hydrogens (tertiary/aromatic N) is 1. The third-order valence-corrected chi connectivity index (χ3v) is 3.70. The number of rotatable bonds is 1. The van der Waals surface area contributed by atoms with Crippen molar-refractivity contribution in [2.24, 2.45) is 0 Å². The summed E-state index contributed by atoms with van der Waals surface area (Å²) >= 11 is 0. The van der Waals surface area contributed by atoms with E-state index in [-0.39, 0.29) is 18.0 Å². The van der Waals surface area contributed by atoms with Crippen molar-refractivity contribution in [1.29, 1.82) is 0 Å². The predicted molar refractivity (Wildman–Crippen MR) is 75.5 cm³/mol. The lowest BCUT2D eigenvalue weighted by atomic mass is 10.0. The molecule has 0 radical (unpaired) electrons. The molecule has 0 fully saturated rings. The van der Waals surface area contributed by atoms with Crippen LogP contribution in [0.4, 0.5) is 18.9 Å². The van der Waals surface area contributed by atoms with Gasteiger partial charge in [0.1, 0.15) is 11.4 Å². The Kier molecular flexibility index (Phi) is 3.54. The highest BCUT2D eigenvalue weighted by atomic mass is 19.4. The number of hydrogen-bond acceptors (Lipinski definition) is 3. The van der Waals surface area contributed by atoms with E-state index >= 15 is 0 Å². The number of carbonyl (C=O) groups is 1. The van der Waals surface area contributed by atoms with Gasteiger partial charge >= 0.3 is 6.18 Å². The van der Waals surface area contributed by atoms with E-state index in [1.54, 1.807) is 6.07 Å². The smallest absolute Gasteiger partial charge is 0.450 e. The number of aryl methyl sites for hydroxylation is 2. The van der Waals surface area contributed by atoms with Gasteiger partial charge in [0.25, 0.3) is 11.5 Å². The molecule has 0 saturated carbocycles. The fourth-order valence-corrected chi connectivity index (χ4v) is 2.78. The van der Waals surface area contributed by atoms with Crippen LogP contribution in [0.15, 0.2) is 27.5 Å². The van der Waals surface area contributed by atoms with Crippen LogP contribution in [0.3, 0.4) is 0 Å². The molecule has 0 atom stereocenters. The standard InChI is InChI=1S/C15H13F3N2O3/c1-8-7-10(12(23-8)15(16,17)18)14(22)20-6-2-3-9-4-5-19-13(21)11(9)20/h4-5,7H,2-3,6H2,1H3,(H,19,21). The van der Waals surface area contributed by atoms with Crippen LogP contribution < -0.4 is 10.5 Å². The number of anilines is 1. The van der Waals surface area contributed by atoms with Crippen LogP contribution in [0, 0.1) is 6.92 Å². The summed E-state index contributed by atoms with van der Waals surface area (Å²) in [5, 5.41) is 0. The first-order chi connectivity index (χ1) is 10.8. The van der Waals surface area contributed by atoms with Crippen molar-refractivity contribution in [2.45, 2.75) is 25.9 Å². The van der Waals surface area contributed by atoms with Gasteiger partial charge in [0.2, 0.25) is 5.76 Å². The number of pyridine rings is 1. The van der Waals surface area contributed by atoms with E-state index in [9.17, 15) is 22.8 Å². The molecule has 1 aliphatic rings. The molecule has 0 aromatic carbocycles. The SMILES string of the molecule is Cc1cc(C(=O)N2CCCc3cc[nH]c(=O)c32)c(C(F)(F)F)o1. The maximum Gasteiger partial charge on any atom is 0.450 e. The number of carbonyl (C=O) groups excluding carboxylic acids is 1. The van der Waals surface area contributed by atoms with Gasteiger partial charge in [0.15, 0.2) is 0 Å². The molecule has 2 aromatic rings. The van der Waals surface area contributed by atoms with Gasteiger partial charge < -0.3 is 14.3 Å².